The van der Waals surface area contributed by atoms with Gasteiger partial charge in [-0.15, -0.1) is 0 Å². The van der Waals surface area contributed by atoms with Gasteiger partial charge in [0.1, 0.15) is 6.61 Å². The van der Waals surface area contributed by atoms with Gasteiger partial charge in [-0.05, 0) is 12.1 Å². The number of aliphatic imine (C=N–C) groups is 1. The number of hydrogen-bond acceptors (Lipinski definition) is 3. The standard InChI is InChI=1S/C5H5N.C3H5NO.Co/c1-2-4-6-5-3-1;1-2-5-3-4-1;/h1-5H;3H,1-2H2;. The Hall–Kier alpha value is -0.874. The molecular formula is C8H10CoN2O. The molecule has 0 unspecified atom stereocenters. The molecule has 0 saturated carbocycles. The molecule has 67 valence electrons. The molecule has 1 aromatic heterocycles. The zero-order valence-electron chi connectivity index (χ0n) is 6.51. The summed E-state index contributed by atoms with van der Waals surface area (Å²) in [7, 11) is 0. The van der Waals surface area contributed by atoms with Gasteiger partial charge in [0.05, 0.1) is 6.54 Å². The van der Waals surface area contributed by atoms with Crippen LogP contribution in [-0.4, -0.2) is 24.5 Å². The molecule has 0 atom stereocenters. The van der Waals surface area contributed by atoms with E-state index in [1.807, 2.05) is 18.2 Å². The second kappa shape index (κ2) is 8.23. The monoisotopic (exact) mass is 209 g/mol. The second-order valence-corrected chi connectivity index (χ2v) is 1.91. The molecule has 0 N–H and O–H groups in total. The third-order valence-electron chi connectivity index (χ3n) is 1.05. The van der Waals surface area contributed by atoms with Gasteiger partial charge in [0, 0.05) is 29.2 Å². The van der Waals surface area contributed by atoms with Gasteiger partial charge in [0.2, 0.25) is 0 Å². The van der Waals surface area contributed by atoms with Crippen LogP contribution in [0.3, 0.4) is 0 Å². The minimum Gasteiger partial charge on any atom is -0.482 e. The smallest absolute Gasteiger partial charge is 0.169 e. The molecule has 0 saturated heterocycles. The van der Waals surface area contributed by atoms with Gasteiger partial charge in [0.25, 0.3) is 0 Å². The number of pyridine rings is 1. The van der Waals surface area contributed by atoms with E-state index in [0.717, 1.165) is 13.2 Å². The fourth-order valence-corrected chi connectivity index (χ4v) is 0.576. The van der Waals surface area contributed by atoms with Crippen LogP contribution in [0.5, 0.6) is 0 Å². The van der Waals surface area contributed by atoms with E-state index in [1.165, 1.54) is 6.40 Å². The summed E-state index contributed by atoms with van der Waals surface area (Å²) < 4.78 is 4.65. The molecule has 1 aromatic rings. The average Bonchev–Trinajstić information content (AvgIpc) is 2.64. The maximum atomic E-state index is 4.65. The van der Waals surface area contributed by atoms with Crippen LogP contribution in [0.2, 0.25) is 0 Å². The molecule has 0 amide bonds. The summed E-state index contributed by atoms with van der Waals surface area (Å²) in [6.07, 6.45) is 4.99. The van der Waals surface area contributed by atoms with E-state index in [4.69, 9.17) is 0 Å². The van der Waals surface area contributed by atoms with Crippen molar-refractivity contribution in [1.82, 2.24) is 4.98 Å². The minimum absolute atomic E-state index is 0. The molecule has 2 rings (SSSR count). The van der Waals surface area contributed by atoms with Crippen molar-refractivity contribution in [3.05, 3.63) is 30.6 Å². The first-order valence-corrected chi connectivity index (χ1v) is 3.45. The predicted molar refractivity (Wildman–Crippen MR) is 43.5 cm³/mol. The van der Waals surface area contributed by atoms with Gasteiger partial charge in [-0.25, -0.2) is 0 Å². The maximum Gasteiger partial charge on any atom is 0.169 e. The normalized spacial score (nSPS) is 12.0. The first-order chi connectivity index (χ1) is 5.50. The molecule has 2 heterocycles. The van der Waals surface area contributed by atoms with E-state index < -0.39 is 0 Å². The van der Waals surface area contributed by atoms with Crippen LogP contribution in [-0.2, 0) is 21.5 Å². The predicted octanol–water partition coefficient (Wildman–Crippen LogP) is 1.12. The van der Waals surface area contributed by atoms with Gasteiger partial charge in [0.15, 0.2) is 6.40 Å². The van der Waals surface area contributed by atoms with Crippen LogP contribution in [0, 0.1) is 0 Å². The van der Waals surface area contributed by atoms with Crippen molar-refractivity contribution in [2.24, 2.45) is 4.99 Å². The van der Waals surface area contributed by atoms with E-state index in [-0.39, 0.29) is 16.8 Å². The number of aromatic nitrogens is 1. The van der Waals surface area contributed by atoms with Crippen molar-refractivity contribution in [1.29, 1.82) is 0 Å². The second-order valence-electron chi connectivity index (χ2n) is 1.91. The summed E-state index contributed by atoms with van der Waals surface area (Å²) in [4.78, 5) is 7.52. The summed E-state index contributed by atoms with van der Waals surface area (Å²) in [6, 6.07) is 5.72. The Kier molecular flexibility index (Phi) is 7.63. The number of ether oxygens (including phenoxy) is 1. The molecule has 0 fully saturated rings. The van der Waals surface area contributed by atoms with Gasteiger partial charge >= 0.3 is 0 Å². The Bertz CT molecular complexity index is 171. The van der Waals surface area contributed by atoms with Gasteiger partial charge in [-0.3, -0.25) is 9.98 Å². The average molecular weight is 209 g/mol. The van der Waals surface area contributed by atoms with Crippen molar-refractivity contribution in [2.75, 3.05) is 13.2 Å². The molecular weight excluding hydrogens is 199 g/mol. The summed E-state index contributed by atoms with van der Waals surface area (Å²) in [5.74, 6) is 0. The van der Waals surface area contributed by atoms with Crippen molar-refractivity contribution >= 4 is 6.40 Å². The Morgan fingerprint density at radius 1 is 1.08 bits per heavy atom. The number of hydrogen-bond donors (Lipinski definition) is 0. The van der Waals surface area contributed by atoms with E-state index in [9.17, 15) is 0 Å². The van der Waals surface area contributed by atoms with Crippen molar-refractivity contribution < 1.29 is 21.5 Å². The molecule has 4 heteroatoms. The Labute approximate surface area is 82.1 Å². The van der Waals surface area contributed by atoms with E-state index in [0.29, 0.717) is 0 Å². The molecule has 12 heavy (non-hydrogen) atoms. The Morgan fingerprint density at radius 3 is 2.00 bits per heavy atom. The summed E-state index contributed by atoms with van der Waals surface area (Å²) in [5.41, 5.74) is 0. The van der Waals surface area contributed by atoms with Crippen LogP contribution in [0.1, 0.15) is 0 Å². The molecule has 1 aliphatic heterocycles. The number of nitrogens with zero attached hydrogens (tertiary/aromatic N) is 2. The maximum absolute atomic E-state index is 4.65. The van der Waals surface area contributed by atoms with Gasteiger partial charge < -0.3 is 4.74 Å². The third kappa shape index (κ3) is 5.88. The van der Waals surface area contributed by atoms with Crippen molar-refractivity contribution in [3.8, 4) is 0 Å². The molecule has 0 bridgehead atoms. The van der Waals surface area contributed by atoms with Crippen molar-refractivity contribution in [3.63, 3.8) is 0 Å². The first-order valence-electron chi connectivity index (χ1n) is 3.45. The molecule has 0 aliphatic carbocycles. The Morgan fingerprint density at radius 2 is 1.83 bits per heavy atom. The zero-order valence-corrected chi connectivity index (χ0v) is 7.56. The van der Waals surface area contributed by atoms with Gasteiger partial charge in [-0.1, -0.05) is 6.07 Å². The van der Waals surface area contributed by atoms with Crippen LogP contribution in [0.25, 0.3) is 0 Å². The summed E-state index contributed by atoms with van der Waals surface area (Å²) in [5, 5.41) is 0. The van der Waals surface area contributed by atoms with Crippen LogP contribution in [0.15, 0.2) is 35.6 Å². The number of rotatable bonds is 0. The molecule has 0 aromatic carbocycles. The zero-order chi connectivity index (χ0) is 7.78. The fourth-order valence-electron chi connectivity index (χ4n) is 0.576. The van der Waals surface area contributed by atoms with E-state index >= 15 is 0 Å². The Balaban J connectivity index is 0.000000189. The van der Waals surface area contributed by atoms with Crippen molar-refractivity contribution in [2.45, 2.75) is 0 Å². The first kappa shape index (κ1) is 11.1. The molecule has 3 nitrogen and oxygen atoms in total. The quantitative estimate of drug-likeness (QED) is 0.641. The third-order valence-corrected chi connectivity index (χ3v) is 1.05. The largest absolute Gasteiger partial charge is 0.482 e. The SMILES string of the molecule is C1=NCCO1.[Co].c1ccncc1. The molecule has 0 spiro atoms. The van der Waals surface area contributed by atoms with E-state index in [2.05, 4.69) is 14.7 Å². The molecule has 1 radical (unpaired) electrons. The van der Waals surface area contributed by atoms with Crippen LogP contribution >= 0.6 is 0 Å². The topological polar surface area (TPSA) is 34.5 Å². The summed E-state index contributed by atoms with van der Waals surface area (Å²) >= 11 is 0. The van der Waals surface area contributed by atoms with Gasteiger partial charge in [-0.2, -0.15) is 0 Å². The van der Waals surface area contributed by atoms with Crippen LogP contribution in [0.4, 0.5) is 0 Å². The fraction of sp³-hybridized carbons (Fsp3) is 0.250. The van der Waals surface area contributed by atoms with Crippen LogP contribution < -0.4 is 0 Å². The molecule has 1 aliphatic rings. The minimum atomic E-state index is 0. The summed E-state index contributed by atoms with van der Waals surface area (Å²) in [6.45, 7) is 1.62. The van der Waals surface area contributed by atoms with E-state index in [1.54, 1.807) is 12.4 Å².